The molecule has 2 heterocycles. The third-order valence-corrected chi connectivity index (χ3v) is 4.22. The number of aromatic nitrogens is 2. The van der Waals surface area contributed by atoms with E-state index in [4.69, 9.17) is 9.47 Å². The number of methoxy groups -OCH3 is 1. The molecular weight excluding hydrogens is 309 g/mol. The first-order chi connectivity index (χ1) is 11.8. The van der Waals surface area contributed by atoms with E-state index in [9.17, 15) is 4.39 Å². The second-order valence-electron chi connectivity index (χ2n) is 6.00. The summed E-state index contributed by atoms with van der Waals surface area (Å²) in [6, 6.07) is 6.54. The molecule has 3 rings (SSSR count). The molecule has 2 aromatic rings. The number of ether oxygens (including phenoxy) is 2. The summed E-state index contributed by atoms with van der Waals surface area (Å²) in [5, 5.41) is 0. The maximum Gasteiger partial charge on any atom is 0.236 e. The average molecular weight is 331 g/mol. The molecule has 0 radical (unpaired) electrons. The smallest absolute Gasteiger partial charge is 0.236 e. The Hall–Kier alpha value is -2.21. The number of piperidine rings is 1. The van der Waals surface area contributed by atoms with E-state index in [1.807, 2.05) is 0 Å². The number of rotatable bonds is 6. The fourth-order valence-electron chi connectivity index (χ4n) is 3.05. The Bertz CT molecular complexity index is 668. The van der Waals surface area contributed by atoms with Crippen LogP contribution in [-0.4, -0.2) is 41.7 Å². The molecule has 1 aromatic carbocycles. The molecule has 1 aliphatic rings. The Morgan fingerprint density at radius 1 is 1.25 bits per heavy atom. The van der Waals surface area contributed by atoms with Crippen LogP contribution in [0.25, 0.3) is 0 Å². The van der Waals surface area contributed by atoms with Crippen molar-refractivity contribution in [2.24, 2.45) is 5.92 Å². The summed E-state index contributed by atoms with van der Waals surface area (Å²) in [4.78, 5) is 10.9. The summed E-state index contributed by atoms with van der Waals surface area (Å²) in [5.74, 6) is 0.961. The van der Waals surface area contributed by atoms with Crippen LogP contribution < -0.4 is 9.47 Å². The van der Waals surface area contributed by atoms with Gasteiger partial charge in [-0.1, -0.05) is 12.1 Å². The molecule has 1 unspecified atom stereocenters. The predicted molar refractivity (Wildman–Crippen MR) is 88.5 cm³/mol. The largest absolute Gasteiger partial charge is 0.490 e. The van der Waals surface area contributed by atoms with Crippen LogP contribution in [0.15, 0.2) is 36.7 Å². The number of likely N-dealkylation sites (tertiary alicyclic amines) is 1. The van der Waals surface area contributed by atoms with Crippen LogP contribution in [0.3, 0.4) is 0 Å². The molecule has 0 N–H and O–H groups in total. The molecule has 1 aliphatic heterocycles. The molecule has 6 heteroatoms. The van der Waals surface area contributed by atoms with Crippen LogP contribution in [0.5, 0.6) is 11.6 Å². The van der Waals surface area contributed by atoms with E-state index >= 15 is 0 Å². The van der Waals surface area contributed by atoms with Crippen LogP contribution in [-0.2, 0) is 6.54 Å². The normalized spacial score (nSPS) is 18.3. The molecule has 1 aromatic heterocycles. The van der Waals surface area contributed by atoms with Gasteiger partial charge < -0.3 is 9.47 Å². The Kier molecular flexibility index (Phi) is 5.59. The lowest BCUT2D eigenvalue weighted by Crippen LogP contribution is -2.37. The van der Waals surface area contributed by atoms with Crippen molar-refractivity contribution < 1.29 is 13.9 Å². The number of nitrogens with zero attached hydrogens (tertiary/aromatic N) is 3. The van der Waals surface area contributed by atoms with Crippen LogP contribution in [0.4, 0.5) is 4.39 Å². The van der Waals surface area contributed by atoms with Crippen molar-refractivity contribution in [2.75, 3.05) is 26.8 Å². The van der Waals surface area contributed by atoms with Gasteiger partial charge in [-0.2, -0.15) is 0 Å². The van der Waals surface area contributed by atoms with E-state index in [0.717, 1.165) is 31.6 Å². The zero-order chi connectivity index (χ0) is 16.8. The third-order valence-electron chi connectivity index (χ3n) is 4.22. The van der Waals surface area contributed by atoms with Crippen molar-refractivity contribution in [2.45, 2.75) is 19.4 Å². The molecule has 0 amide bonds. The lowest BCUT2D eigenvalue weighted by atomic mass is 9.99. The van der Waals surface area contributed by atoms with Gasteiger partial charge in [0.05, 0.1) is 13.7 Å². The lowest BCUT2D eigenvalue weighted by Gasteiger charge is -2.32. The number of halogens is 1. The molecule has 1 atom stereocenters. The van der Waals surface area contributed by atoms with Gasteiger partial charge in [0.2, 0.25) is 5.88 Å². The Labute approximate surface area is 141 Å². The van der Waals surface area contributed by atoms with E-state index in [1.165, 1.54) is 6.07 Å². The first-order valence-electron chi connectivity index (χ1n) is 8.20. The van der Waals surface area contributed by atoms with Crippen LogP contribution in [0.2, 0.25) is 0 Å². The zero-order valence-electron chi connectivity index (χ0n) is 13.8. The fourth-order valence-corrected chi connectivity index (χ4v) is 3.05. The van der Waals surface area contributed by atoms with E-state index in [2.05, 4.69) is 14.9 Å². The standard InChI is InChI=1S/C18H22FN3O2/c1-23-18-16(20-8-9-21-18)12-22-10-4-5-14(11-22)13-24-17-7-3-2-6-15(17)19/h2-3,6-9,14H,4-5,10-13H2,1H3. The highest BCUT2D eigenvalue weighted by atomic mass is 19.1. The van der Waals surface area contributed by atoms with E-state index in [0.29, 0.717) is 30.7 Å². The zero-order valence-corrected chi connectivity index (χ0v) is 13.8. The summed E-state index contributed by atoms with van der Waals surface area (Å²) < 4.78 is 24.6. The molecule has 128 valence electrons. The Morgan fingerprint density at radius 2 is 2.08 bits per heavy atom. The number of benzene rings is 1. The minimum absolute atomic E-state index is 0.311. The Morgan fingerprint density at radius 3 is 2.92 bits per heavy atom. The second kappa shape index (κ2) is 8.06. The first kappa shape index (κ1) is 16.6. The highest BCUT2D eigenvalue weighted by molar-refractivity contribution is 5.23. The van der Waals surface area contributed by atoms with Crippen LogP contribution >= 0.6 is 0 Å². The van der Waals surface area contributed by atoms with E-state index in [1.54, 1.807) is 37.7 Å². The number of hydrogen-bond donors (Lipinski definition) is 0. The van der Waals surface area contributed by atoms with Crippen LogP contribution in [0.1, 0.15) is 18.5 Å². The van der Waals surface area contributed by atoms with Gasteiger partial charge in [-0.25, -0.2) is 9.37 Å². The minimum Gasteiger partial charge on any atom is -0.490 e. The maximum atomic E-state index is 13.6. The van der Waals surface area contributed by atoms with Gasteiger partial charge in [-0.15, -0.1) is 0 Å². The average Bonchev–Trinajstić information content (AvgIpc) is 2.62. The Balaban J connectivity index is 1.55. The van der Waals surface area contributed by atoms with Crippen molar-refractivity contribution >= 4 is 0 Å². The molecule has 5 nitrogen and oxygen atoms in total. The van der Waals surface area contributed by atoms with Crippen molar-refractivity contribution in [3.8, 4) is 11.6 Å². The molecule has 0 bridgehead atoms. The molecule has 0 saturated carbocycles. The summed E-state index contributed by atoms with van der Waals surface area (Å²) >= 11 is 0. The van der Waals surface area contributed by atoms with Crippen LogP contribution in [0, 0.1) is 11.7 Å². The van der Waals surface area contributed by atoms with Gasteiger partial charge in [0, 0.05) is 31.4 Å². The summed E-state index contributed by atoms with van der Waals surface area (Å²) in [7, 11) is 1.61. The minimum atomic E-state index is -0.311. The van der Waals surface area contributed by atoms with Crippen molar-refractivity contribution in [1.82, 2.24) is 14.9 Å². The molecule has 0 aliphatic carbocycles. The van der Waals surface area contributed by atoms with Crippen molar-refractivity contribution in [1.29, 1.82) is 0 Å². The van der Waals surface area contributed by atoms with Gasteiger partial charge in [0.1, 0.15) is 5.69 Å². The van der Waals surface area contributed by atoms with Crippen molar-refractivity contribution in [3.05, 3.63) is 48.2 Å². The molecule has 0 spiro atoms. The van der Waals surface area contributed by atoms with Gasteiger partial charge >= 0.3 is 0 Å². The summed E-state index contributed by atoms with van der Waals surface area (Å²) in [5.41, 5.74) is 0.843. The maximum absolute atomic E-state index is 13.6. The van der Waals surface area contributed by atoms with Gasteiger partial charge in [0.15, 0.2) is 11.6 Å². The second-order valence-corrected chi connectivity index (χ2v) is 6.00. The van der Waals surface area contributed by atoms with E-state index in [-0.39, 0.29) is 5.82 Å². The van der Waals surface area contributed by atoms with Gasteiger partial charge in [-0.05, 0) is 31.5 Å². The van der Waals surface area contributed by atoms with Gasteiger partial charge in [0.25, 0.3) is 0 Å². The first-order valence-corrected chi connectivity index (χ1v) is 8.20. The predicted octanol–water partition coefficient (Wildman–Crippen LogP) is 2.92. The van der Waals surface area contributed by atoms with E-state index < -0.39 is 0 Å². The number of para-hydroxylation sites is 1. The van der Waals surface area contributed by atoms with Crippen molar-refractivity contribution in [3.63, 3.8) is 0 Å². The fraction of sp³-hybridized carbons (Fsp3) is 0.444. The SMILES string of the molecule is COc1nccnc1CN1CCCC(COc2ccccc2F)C1. The molecule has 1 saturated heterocycles. The summed E-state index contributed by atoms with van der Waals surface area (Å²) in [6.45, 7) is 3.13. The highest BCUT2D eigenvalue weighted by Gasteiger charge is 2.22. The third kappa shape index (κ3) is 4.20. The van der Waals surface area contributed by atoms with Gasteiger partial charge in [-0.3, -0.25) is 9.88 Å². The molecule has 24 heavy (non-hydrogen) atoms. The summed E-state index contributed by atoms with van der Waals surface area (Å²) in [6.07, 6.45) is 5.49. The topological polar surface area (TPSA) is 47.5 Å². The quantitative estimate of drug-likeness (QED) is 0.814. The monoisotopic (exact) mass is 331 g/mol. The number of hydrogen-bond acceptors (Lipinski definition) is 5. The highest BCUT2D eigenvalue weighted by Crippen LogP contribution is 2.23. The lowest BCUT2D eigenvalue weighted by molar-refractivity contribution is 0.121. The molecule has 1 fully saturated rings. The molecular formula is C18H22FN3O2.